The Morgan fingerprint density at radius 1 is 1.27 bits per heavy atom. The Labute approximate surface area is 68.9 Å². The van der Waals surface area contributed by atoms with Crippen molar-refractivity contribution in [3.05, 3.63) is 0 Å². The summed E-state index contributed by atoms with van der Waals surface area (Å²) in [6, 6.07) is 0. The summed E-state index contributed by atoms with van der Waals surface area (Å²) in [5.41, 5.74) is 0. The van der Waals surface area contributed by atoms with Crippen LogP contribution in [-0.4, -0.2) is 54.1 Å². The molecule has 2 N–H and O–H groups in total. The van der Waals surface area contributed by atoms with Crippen LogP contribution < -0.4 is 0 Å². The van der Waals surface area contributed by atoms with E-state index in [4.69, 9.17) is 5.11 Å². The lowest BCUT2D eigenvalue weighted by Gasteiger charge is -2.33. The lowest BCUT2D eigenvalue weighted by Crippen LogP contribution is -2.49. The lowest BCUT2D eigenvalue weighted by atomic mass is 10.3. The molecule has 0 saturated heterocycles. The molecule has 3 heteroatoms. The smallest absolute Gasteiger partial charge is 0.126 e. The van der Waals surface area contributed by atoms with Gasteiger partial charge in [-0.15, -0.1) is 0 Å². The van der Waals surface area contributed by atoms with Crippen molar-refractivity contribution >= 4 is 0 Å². The van der Waals surface area contributed by atoms with Crippen LogP contribution in [0.4, 0.5) is 0 Å². The highest BCUT2D eigenvalue weighted by Crippen LogP contribution is 2.02. The van der Waals surface area contributed by atoms with Gasteiger partial charge >= 0.3 is 0 Å². The molecule has 0 heterocycles. The summed E-state index contributed by atoms with van der Waals surface area (Å²) in [6.07, 6.45) is -0.570. The highest BCUT2D eigenvalue weighted by Gasteiger charge is 2.20. The first kappa shape index (κ1) is 10.9. The van der Waals surface area contributed by atoms with Crippen molar-refractivity contribution in [3.8, 4) is 0 Å². The molecule has 11 heavy (non-hydrogen) atoms. The molecule has 0 aromatic carbocycles. The minimum atomic E-state index is -0.570. The quantitative estimate of drug-likeness (QED) is 0.551. The van der Waals surface area contributed by atoms with Crippen LogP contribution in [0.25, 0.3) is 0 Å². The number of hydrogen-bond acceptors (Lipinski definition) is 2. The number of aliphatic hydroxyl groups is 2. The molecule has 0 unspecified atom stereocenters. The van der Waals surface area contributed by atoms with Crippen LogP contribution in [0.15, 0.2) is 0 Å². The van der Waals surface area contributed by atoms with Gasteiger partial charge < -0.3 is 14.7 Å². The molecule has 0 aromatic rings. The molecule has 3 nitrogen and oxygen atoms in total. The van der Waals surface area contributed by atoms with Crippen molar-refractivity contribution in [2.75, 3.05) is 33.3 Å². The van der Waals surface area contributed by atoms with Crippen LogP contribution in [0.2, 0.25) is 0 Å². The van der Waals surface area contributed by atoms with E-state index in [0.29, 0.717) is 6.54 Å². The summed E-state index contributed by atoms with van der Waals surface area (Å²) in [5, 5.41) is 17.8. The molecular weight excluding hydrogens is 142 g/mol. The first-order valence-corrected chi connectivity index (χ1v) is 4.20. The minimum Gasteiger partial charge on any atom is -0.393 e. The molecular formula is C8H20NO2+. The average Bonchev–Trinajstić information content (AvgIpc) is 2.04. The van der Waals surface area contributed by atoms with E-state index in [1.807, 2.05) is 0 Å². The molecule has 0 amide bonds. The molecule has 0 bridgehead atoms. The van der Waals surface area contributed by atoms with Gasteiger partial charge in [-0.3, -0.25) is 0 Å². The zero-order valence-corrected chi connectivity index (χ0v) is 7.75. The maximum atomic E-state index is 9.19. The zero-order chi connectivity index (χ0) is 8.91. The molecule has 0 spiro atoms. The van der Waals surface area contributed by atoms with Gasteiger partial charge in [0.25, 0.3) is 0 Å². The summed E-state index contributed by atoms with van der Waals surface area (Å²) in [4.78, 5) is 0. The fourth-order valence-electron chi connectivity index (χ4n) is 1.05. The van der Waals surface area contributed by atoms with Crippen LogP contribution in [0.3, 0.4) is 0 Å². The van der Waals surface area contributed by atoms with Crippen molar-refractivity contribution < 1.29 is 14.7 Å². The van der Waals surface area contributed by atoms with Crippen LogP contribution in [0.1, 0.15) is 13.8 Å². The standard InChI is InChI=1S/C8H20NO2/c1-4-9(3,5-2)6-8(11)7-10/h8,10-11H,4-7H2,1-3H3/q+1/t8-/m0/s1. The van der Waals surface area contributed by atoms with Gasteiger partial charge in [0, 0.05) is 0 Å². The number of hydrogen-bond donors (Lipinski definition) is 2. The maximum absolute atomic E-state index is 9.19. The third-order valence-corrected chi connectivity index (χ3v) is 2.39. The minimum absolute atomic E-state index is 0.131. The summed E-state index contributed by atoms with van der Waals surface area (Å²) < 4.78 is 0.821. The predicted octanol–water partition coefficient (Wildman–Crippen LogP) is -0.174. The topological polar surface area (TPSA) is 40.5 Å². The van der Waals surface area contributed by atoms with Gasteiger partial charge in [0.15, 0.2) is 0 Å². The summed E-state index contributed by atoms with van der Waals surface area (Å²) >= 11 is 0. The fourth-order valence-corrected chi connectivity index (χ4v) is 1.05. The molecule has 1 atom stereocenters. The molecule has 0 radical (unpaired) electrons. The van der Waals surface area contributed by atoms with E-state index in [-0.39, 0.29) is 6.61 Å². The van der Waals surface area contributed by atoms with Gasteiger partial charge in [0.05, 0.1) is 26.7 Å². The number of rotatable bonds is 5. The molecule has 0 rings (SSSR count). The lowest BCUT2D eigenvalue weighted by molar-refractivity contribution is -0.909. The Morgan fingerprint density at radius 2 is 1.73 bits per heavy atom. The Bertz CT molecular complexity index is 102. The maximum Gasteiger partial charge on any atom is 0.126 e. The largest absolute Gasteiger partial charge is 0.393 e. The summed E-state index contributed by atoms with van der Waals surface area (Å²) in [7, 11) is 2.08. The SMILES string of the molecule is CC[N+](C)(CC)C[C@H](O)CO. The molecule has 0 aromatic heterocycles. The molecule has 0 aliphatic rings. The third kappa shape index (κ3) is 3.70. The monoisotopic (exact) mass is 162 g/mol. The Morgan fingerprint density at radius 3 is 2.00 bits per heavy atom. The van der Waals surface area contributed by atoms with E-state index in [1.165, 1.54) is 0 Å². The Balaban J connectivity index is 3.86. The number of quaternary nitrogens is 1. The van der Waals surface area contributed by atoms with Crippen LogP contribution >= 0.6 is 0 Å². The second-order valence-corrected chi connectivity index (χ2v) is 3.27. The molecule has 0 aliphatic heterocycles. The van der Waals surface area contributed by atoms with Crippen molar-refractivity contribution in [1.29, 1.82) is 0 Å². The van der Waals surface area contributed by atoms with E-state index in [9.17, 15) is 5.11 Å². The van der Waals surface area contributed by atoms with Crippen molar-refractivity contribution in [1.82, 2.24) is 0 Å². The second-order valence-electron chi connectivity index (χ2n) is 3.27. The predicted molar refractivity (Wildman–Crippen MR) is 45.2 cm³/mol. The normalized spacial score (nSPS) is 15.0. The van der Waals surface area contributed by atoms with Gasteiger partial charge in [0.1, 0.15) is 12.6 Å². The first-order chi connectivity index (χ1) is 5.08. The summed E-state index contributed by atoms with van der Waals surface area (Å²) in [5.74, 6) is 0. The number of likely N-dealkylation sites (N-methyl/N-ethyl adjacent to an activating group) is 1. The van der Waals surface area contributed by atoms with Crippen LogP contribution in [0, 0.1) is 0 Å². The van der Waals surface area contributed by atoms with Gasteiger partial charge in [0.2, 0.25) is 0 Å². The van der Waals surface area contributed by atoms with Crippen molar-refractivity contribution in [2.24, 2.45) is 0 Å². The fraction of sp³-hybridized carbons (Fsp3) is 1.00. The molecule has 0 aliphatic carbocycles. The molecule has 0 fully saturated rings. The molecule has 0 saturated carbocycles. The highest BCUT2D eigenvalue weighted by atomic mass is 16.3. The zero-order valence-electron chi connectivity index (χ0n) is 7.75. The van der Waals surface area contributed by atoms with E-state index in [0.717, 1.165) is 17.6 Å². The van der Waals surface area contributed by atoms with Gasteiger partial charge in [-0.1, -0.05) is 0 Å². The van der Waals surface area contributed by atoms with E-state index >= 15 is 0 Å². The Hall–Kier alpha value is -0.120. The average molecular weight is 162 g/mol. The first-order valence-electron chi connectivity index (χ1n) is 4.20. The third-order valence-electron chi connectivity index (χ3n) is 2.39. The van der Waals surface area contributed by atoms with Gasteiger partial charge in [-0.05, 0) is 13.8 Å². The van der Waals surface area contributed by atoms with Gasteiger partial charge in [-0.25, -0.2) is 0 Å². The van der Waals surface area contributed by atoms with Crippen molar-refractivity contribution in [3.63, 3.8) is 0 Å². The van der Waals surface area contributed by atoms with E-state index < -0.39 is 6.10 Å². The van der Waals surface area contributed by atoms with Gasteiger partial charge in [-0.2, -0.15) is 0 Å². The van der Waals surface area contributed by atoms with E-state index in [2.05, 4.69) is 20.9 Å². The van der Waals surface area contributed by atoms with Crippen molar-refractivity contribution in [2.45, 2.75) is 20.0 Å². The second kappa shape index (κ2) is 4.70. The molecule has 68 valence electrons. The highest BCUT2D eigenvalue weighted by molar-refractivity contribution is 4.49. The number of aliphatic hydroxyl groups excluding tert-OH is 2. The van der Waals surface area contributed by atoms with Crippen LogP contribution in [-0.2, 0) is 0 Å². The number of nitrogens with zero attached hydrogens (tertiary/aromatic N) is 1. The Kier molecular flexibility index (Phi) is 4.65. The van der Waals surface area contributed by atoms with Crippen LogP contribution in [0.5, 0.6) is 0 Å². The van der Waals surface area contributed by atoms with E-state index in [1.54, 1.807) is 0 Å². The summed E-state index contributed by atoms with van der Waals surface area (Å²) in [6.45, 7) is 6.68.